The Hall–Kier alpha value is -2.40. The Morgan fingerprint density at radius 1 is 0.963 bits per heavy atom. The van der Waals surface area contributed by atoms with Gasteiger partial charge in [0.1, 0.15) is 0 Å². The summed E-state index contributed by atoms with van der Waals surface area (Å²) >= 11 is 0. The maximum absolute atomic E-state index is 11.4. The fraction of sp³-hybridized carbons (Fsp3) is 0.455. The predicted octanol–water partition coefficient (Wildman–Crippen LogP) is 5.07. The van der Waals surface area contributed by atoms with Gasteiger partial charge >= 0.3 is 11.9 Å². The normalized spacial score (nSPS) is 12.8. The van der Waals surface area contributed by atoms with Crippen molar-refractivity contribution >= 4 is 11.9 Å². The molecule has 0 spiro atoms. The second-order valence-electron chi connectivity index (χ2n) is 5.95. The number of hydrogen-bond acceptors (Lipinski definition) is 3. The van der Waals surface area contributed by atoms with Crippen molar-refractivity contribution in [1.29, 1.82) is 0 Å². The number of ether oxygens (including phenoxy) is 1. The zero-order valence-electron chi connectivity index (χ0n) is 16.2. The van der Waals surface area contributed by atoms with Crippen LogP contribution in [0.1, 0.15) is 51.9 Å². The van der Waals surface area contributed by atoms with Gasteiger partial charge in [0.05, 0.1) is 24.4 Å². The molecule has 0 bridgehead atoms. The fourth-order valence-electron chi connectivity index (χ4n) is 2.20. The molecule has 0 aliphatic heterocycles. The van der Waals surface area contributed by atoms with E-state index in [-0.39, 0.29) is 24.2 Å². The lowest BCUT2D eigenvalue weighted by Crippen LogP contribution is -2.12. The van der Waals surface area contributed by atoms with Gasteiger partial charge in [-0.2, -0.15) is 0 Å². The molecule has 0 saturated heterocycles. The molecule has 0 aromatic rings. The molecular weight excluding hydrogens is 344 g/mol. The molecule has 0 rings (SSSR count). The minimum atomic E-state index is -1.26. The summed E-state index contributed by atoms with van der Waals surface area (Å²) in [5, 5.41) is 18.7. The standard InChI is InChI=1S/C22H32O5/c1-3-5-7-9-11-13-15-19(21(23)24)20(22(25)26)16-18-27-17-14-12-10-8-6-4-2/h4,9,11-15H,2-3,5-8,10,16-18H2,1H3,(H,23,24)(H,25,26)/b11-9?,14-12?,15-13?,20-19-. The summed E-state index contributed by atoms with van der Waals surface area (Å²) in [5.74, 6) is -2.50. The van der Waals surface area contributed by atoms with Gasteiger partial charge in [0.25, 0.3) is 0 Å². The molecule has 2 N–H and O–H groups in total. The molecule has 0 aromatic heterocycles. The molecule has 0 aliphatic rings. The molecule has 0 heterocycles. The predicted molar refractivity (Wildman–Crippen MR) is 109 cm³/mol. The third-order valence-corrected chi connectivity index (χ3v) is 3.70. The van der Waals surface area contributed by atoms with Gasteiger partial charge in [-0.1, -0.05) is 56.2 Å². The van der Waals surface area contributed by atoms with Gasteiger partial charge in [0.15, 0.2) is 0 Å². The van der Waals surface area contributed by atoms with E-state index in [4.69, 9.17) is 4.74 Å². The number of aliphatic carboxylic acids is 2. The van der Waals surface area contributed by atoms with Crippen LogP contribution in [0.2, 0.25) is 0 Å². The number of carbonyl (C=O) groups is 2. The highest BCUT2D eigenvalue weighted by molar-refractivity contribution is 6.00. The van der Waals surface area contributed by atoms with Crippen LogP contribution in [0, 0.1) is 0 Å². The first-order chi connectivity index (χ1) is 13.0. The smallest absolute Gasteiger partial charge is 0.336 e. The first kappa shape index (κ1) is 24.6. The molecule has 27 heavy (non-hydrogen) atoms. The number of allylic oxidation sites excluding steroid dienone is 5. The lowest BCUT2D eigenvalue weighted by atomic mass is 10.0. The SMILES string of the molecule is C=CCCCC=CCOCC/C(C(=O)O)=C(\C=CC=CCCCC)C(=O)O. The largest absolute Gasteiger partial charge is 0.478 e. The highest BCUT2D eigenvalue weighted by Crippen LogP contribution is 2.13. The van der Waals surface area contributed by atoms with Crippen molar-refractivity contribution in [1.82, 2.24) is 0 Å². The third kappa shape index (κ3) is 13.5. The average Bonchev–Trinajstić information content (AvgIpc) is 2.63. The third-order valence-electron chi connectivity index (χ3n) is 3.70. The van der Waals surface area contributed by atoms with Crippen LogP contribution in [0.5, 0.6) is 0 Å². The Labute approximate surface area is 162 Å². The molecule has 5 heteroatoms. The van der Waals surface area contributed by atoms with Gasteiger partial charge in [0.2, 0.25) is 0 Å². The van der Waals surface area contributed by atoms with Crippen LogP contribution in [0.4, 0.5) is 0 Å². The quantitative estimate of drug-likeness (QED) is 0.170. The molecule has 0 aromatic carbocycles. The Kier molecular flexibility index (Phi) is 15.5. The molecule has 0 saturated carbocycles. The highest BCUT2D eigenvalue weighted by Gasteiger charge is 2.17. The summed E-state index contributed by atoms with van der Waals surface area (Å²) < 4.78 is 5.39. The molecular formula is C22H32O5. The van der Waals surface area contributed by atoms with Gasteiger partial charge < -0.3 is 14.9 Å². The number of unbranched alkanes of at least 4 members (excludes halogenated alkanes) is 4. The molecule has 150 valence electrons. The zero-order chi connectivity index (χ0) is 20.3. The first-order valence-corrected chi connectivity index (χ1v) is 9.41. The van der Waals surface area contributed by atoms with Crippen LogP contribution >= 0.6 is 0 Å². The van der Waals surface area contributed by atoms with E-state index in [9.17, 15) is 19.8 Å². The van der Waals surface area contributed by atoms with Gasteiger partial charge in [0, 0.05) is 6.42 Å². The second kappa shape index (κ2) is 17.0. The molecule has 0 amide bonds. The van der Waals surface area contributed by atoms with Crippen molar-refractivity contribution in [2.75, 3.05) is 13.2 Å². The van der Waals surface area contributed by atoms with Crippen molar-refractivity contribution in [2.45, 2.75) is 51.9 Å². The Bertz CT molecular complexity index is 567. The van der Waals surface area contributed by atoms with Gasteiger partial charge in [-0.25, -0.2) is 9.59 Å². The number of hydrogen-bond donors (Lipinski definition) is 2. The minimum absolute atomic E-state index is 0.0329. The van der Waals surface area contributed by atoms with Crippen molar-refractivity contribution < 1.29 is 24.5 Å². The van der Waals surface area contributed by atoms with E-state index in [1.54, 1.807) is 12.2 Å². The molecule has 0 fully saturated rings. The van der Waals surface area contributed by atoms with E-state index in [2.05, 4.69) is 13.5 Å². The maximum atomic E-state index is 11.4. The van der Waals surface area contributed by atoms with E-state index in [0.29, 0.717) is 6.61 Å². The lowest BCUT2D eigenvalue weighted by Gasteiger charge is -2.06. The van der Waals surface area contributed by atoms with Gasteiger partial charge in [-0.05, 0) is 31.8 Å². The summed E-state index contributed by atoms with van der Waals surface area (Å²) in [4.78, 5) is 22.9. The monoisotopic (exact) mass is 376 g/mol. The maximum Gasteiger partial charge on any atom is 0.336 e. The van der Waals surface area contributed by atoms with Crippen LogP contribution in [-0.2, 0) is 14.3 Å². The molecule has 0 radical (unpaired) electrons. The van der Waals surface area contributed by atoms with Crippen LogP contribution in [0.3, 0.4) is 0 Å². The van der Waals surface area contributed by atoms with Crippen molar-refractivity contribution in [3.63, 3.8) is 0 Å². The van der Waals surface area contributed by atoms with Crippen LogP contribution in [0.25, 0.3) is 0 Å². The van der Waals surface area contributed by atoms with E-state index >= 15 is 0 Å². The van der Waals surface area contributed by atoms with E-state index in [1.807, 2.05) is 24.3 Å². The molecule has 0 atom stereocenters. The molecule has 0 unspecified atom stereocenters. The average molecular weight is 376 g/mol. The first-order valence-electron chi connectivity index (χ1n) is 9.41. The van der Waals surface area contributed by atoms with E-state index in [1.165, 1.54) is 6.08 Å². The Morgan fingerprint density at radius 2 is 1.70 bits per heavy atom. The van der Waals surface area contributed by atoms with Gasteiger partial charge in [-0.15, -0.1) is 6.58 Å². The summed E-state index contributed by atoms with van der Waals surface area (Å²) in [6, 6.07) is 0. The minimum Gasteiger partial charge on any atom is -0.478 e. The number of carboxylic acid groups (broad SMARTS) is 2. The summed E-state index contributed by atoms with van der Waals surface area (Å²) in [6.45, 7) is 6.27. The molecule has 5 nitrogen and oxygen atoms in total. The highest BCUT2D eigenvalue weighted by atomic mass is 16.5. The fourth-order valence-corrected chi connectivity index (χ4v) is 2.20. The summed E-state index contributed by atoms with van der Waals surface area (Å²) in [5.41, 5.74) is -0.373. The lowest BCUT2D eigenvalue weighted by molar-refractivity contribution is -0.135. The Balaban J connectivity index is 4.65. The number of carboxylic acids is 2. The second-order valence-corrected chi connectivity index (χ2v) is 5.95. The van der Waals surface area contributed by atoms with Crippen molar-refractivity contribution in [2.24, 2.45) is 0 Å². The van der Waals surface area contributed by atoms with Crippen molar-refractivity contribution in [3.05, 3.63) is 60.3 Å². The van der Waals surface area contributed by atoms with Crippen LogP contribution in [0.15, 0.2) is 60.3 Å². The summed E-state index contributed by atoms with van der Waals surface area (Å²) in [7, 11) is 0. The van der Waals surface area contributed by atoms with Gasteiger partial charge in [-0.3, -0.25) is 0 Å². The molecule has 0 aliphatic carbocycles. The van der Waals surface area contributed by atoms with Crippen molar-refractivity contribution in [3.8, 4) is 0 Å². The van der Waals surface area contributed by atoms with Crippen LogP contribution in [-0.4, -0.2) is 35.4 Å². The topological polar surface area (TPSA) is 83.8 Å². The summed E-state index contributed by atoms with van der Waals surface area (Å²) in [6.07, 6.45) is 18.4. The number of rotatable bonds is 16. The zero-order valence-corrected chi connectivity index (χ0v) is 16.2. The van der Waals surface area contributed by atoms with Crippen LogP contribution < -0.4 is 0 Å². The van der Waals surface area contributed by atoms with E-state index in [0.717, 1.165) is 38.5 Å². The Morgan fingerprint density at radius 3 is 2.33 bits per heavy atom. The van der Waals surface area contributed by atoms with E-state index < -0.39 is 11.9 Å².